The Morgan fingerprint density at radius 1 is 1.24 bits per heavy atom. The number of likely N-dealkylation sites (tertiary alicyclic amines) is 2. The fraction of sp³-hybridized carbons (Fsp3) is 0.950. The maximum absolute atomic E-state index is 12.6. The van der Waals surface area contributed by atoms with E-state index in [0.29, 0.717) is 24.2 Å². The Bertz CT molecular complexity index is 435. The molecule has 1 N–H and O–H groups in total. The van der Waals surface area contributed by atoms with Crippen LogP contribution >= 0.6 is 0 Å². The van der Waals surface area contributed by atoms with Gasteiger partial charge in [0, 0.05) is 30.7 Å². The van der Waals surface area contributed by atoms with Crippen LogP contribution in [0.3, 0.4) is 0 Å². The molecule has 2 rings (SSSR count). The summed E-state index contributed by atoms with van der Waals surface area (Å²) in [5, 5.41) is 3.82. The van der Waals surface area contributed by atoms with Crippen LogP contribution in [0.2, 0.25) is 0 Å². The van der Waals surface area contributed by atoms with E-state index in [-0.39, 0.29) is 6.09 Å². The first-order chi connectivity index (χ1) is 11.7. The largest absolute Gasteiger partial charge is 0.444 e. The maximum Gasteiger partial charge on any atom is 0.410 e. The van der Waals surface area contributed by atoms with Crippen LogP contribution in [0.4, 0.5) is 4.79 Å². The molecule has 2 fully saturated rings. The molecule has 2 aliphatic rings. The molecule has 4 atom stereocenters. The van der Waals surface area contributed by atoms with Gasteiger partial charge in [-0.15, -0.1) is 0 Å². The second-order valence-electron chi connectivity index (χ2n) is 9.18. The quantitative estimate of drug-likeness (QED) is 0.838. The third-order valence-corrected chi connectivity index (χ3v) is 5.61. The lowest BCUT2D eigenvalue weighted by Gasteiger charge is -2.40. The minimum Gasteiger partial charge on any atom is -0.444 e. The number of carbonyl (C=O) groups excluding carboxylic acids is 1. The number of nitrogens with one attached hydrogen (secondary N) is 1. The van der Waals surface area contributed by atoms with Gasteiger partial charge >= 0.3 is 6.09 Å². The number of hydrogen-bond donors (Lipinski definition) is 1. The average molecular weight is 354 g/mol. The summed E-state index contributed by atoms with van der Waals surface area (Å²) < 4.78 is 5.63. The second-order valence-corrected chi connectivity index (χ2v) is 9.18. The standard InChI is InChI=1S/C20H39N3O2/c1-15(21-17-10-12-22(6)16(2)14-17)13-18-9-7-8-11-23(18)19(24)25-20(3,4)5/h15-18,21H,7-14H2,1-6H3. The van der Waals surface area contributed by atoms with Gasteiger partial charge in [0.2, 0.25) is 0 Å². The summed E-state index contributed by atoms with van der Waals surface area (Å²) in [6, 6.07) is 1.97. The SMILES string of the molecule is CC(CC1CCCCN1C(=O)OC(C)(C)C)NC1CCN(C)C(C)C1. The first-order valence-corrected chi connectivity index (χ1v) is 10.1. The van der Waals surface area contributed by atoms with Gasteiger partial charge in [0.15, 0.2) is 0 Å². The molecule has 0 spiro atoms. The van der Waals surface area contributed by atoms with E-state index >= 15 is 0 Å². The summed E-state index contributed by atoms with van der Waals surface area (Å²) >= 11 is 0. The van der Waals surface area contributed by atoms with Crippen molar-refractivity contribution in [1.82, 2.24) is 15.1 Å². The van der Waals surface area contributed by atoms with Gasteiger partial charge in [0.1, 0.15) is 5.60 Å². The van der Waals surface area contributed by atoms with Crippen molar-refractivity contribution in [2.24, 2.45) is 0 Å². The third kappa shape index (κ3) is 6.45. The Kier molecular flexibility index (Phi) is 7.15. The van der Waals surface area contributed by atoms with Gasteiger partial charge < -0.3 is 19.9 Å². The predicted octanol–water partition coefficient (Wildman–Crippen LogP) is 3.63. The molecular weight excluding hydrogens is 314 g/mol. The predicted molar refractivity (Wildman–Crippen MR) is 103 cm³/mol. The highest BCUT2D eigenvalue weighted by atomic mass is 16.6. The van der Waals surface area contributed by atoms with Crippen molar-refractivity contribution in [1.29, 1.82) is 0 Å². The lowest BCUT2D eigenvalue weighted by molar-refractivity contribution is 0.00762. The van der Waals surface area contributed by atoms with Crippen molar-refractivity contribution in [2.75, 3.05) is 20.1 Å². The Morgan fingerprint density at radius 2 is 1.96 bits per heavy atom. The Balaban J connectivity index is 1.86. The maximum atomic E-state index is 12.6. The molecule has 0 aliphatic carbocycles. The van der Waals surface area contributed by atoms with Crippen molar-refractivity contribution < 1.29 is 9.53 Å². The van der Waals surface area contributed by atoms with Gasteiger partial charge in [-0.05, 0) is 86.7 Å². The van der Waals surface area contributed by atoms with Crippen molar-refractivity contribution in [3.05, 3.63) is 0 Å². The van der Waals surface area contributed by atoms with Crippen LogP contribution in [0.15, 0.2) is 0 Å². The van der Waals surface area contributed by atoms with E-state index in [1.54, 1.807) is 0 Å². The molecule has 146 valence electrons. The van der Waals surface area contributed by atoms with Gasteiger partial charge in [-0.1, -0.05) is 0 Å². The fourth-order valence-electron chi connectivity index (χ4n) is 4.13. The molecular formula is C20H39N3O2. The monoisotopic (exact) mass is 353 g/mol. The molecule has 2 saturated heterocycles. The third-order valence-electron chi connectivity index (χ3n) is 5.61. The Labute approximate surface area is 154 Å². The molecule has 0 saturated carbocycles. The average Bonchev–Trinajstić information content (AvgIpc) is 2.49. The molecule has 4 unspecified atom stereocenters. The highest BCUT2D eigenvalue weighted by Gasteiger charge is 2.32. The van der Waals surface area contributed by atoms with Crippen molar-refractivity contribution >= 4 is 6.09 Å². The van der Waals surface area contributed by atoms with Gasteiger partial charge in [0.25, 0.3) is 0 Å². The van der Waals surface area contributed by atoms with Crippen LogP contribution in [0, 0.1) is 0 Å². The van der Waals surface area contributed by atoms with Gasteiger partial charge in [-0.3, -0.25) is 0 Å². The van der Waals surface area contributed by atoms with Crippen LogP contribution in [0.25, 0.3) is 0 Å². The summed E-state index contributed by atoms with van der Waals surface area (Å²) in [5.41, 5.74) is -0.423. The molecule has 25 heavy (non-hydrogen) atoms. The molecule has 2 heterocycles. The molecule has 0 aromatic carbocycles. The van der Waals surface area contributed by atoms with Crippen LogP contribution in [0.5, 0.6) is 0 Å². The zero-order valence-corrected chi connectivity index (χ0v) is 17.2. The van der Waals surface area contributed by atoms with Gasteiger partial charge in [-0.25, -0.2) is 4.79 Å². The minimum absolute atomic E-state index is 0.141. The highest BCUT2D eigenvalue weighted by molar-refractivity contribution is 5.68. The van der Waals surface area contributed by atoms with Crippen LogP contribution < -0.4 is 5.32 Å². The topological polar surface area (TPSA) is 44.8 Å². The summed E-state index contributed by atoms with van der Waals surface area (Å²) in [4.78, 5) is 17.0. The molecule has 5 nitrogen and oxygen atoms in total. The van der Waals surface area contributed by atoms with E-state index in [1.165, 1.54) is 25.8 Å². The molecule has 0 aromatic heterocycles. The van der Waals surface area contributed by atoms with Crippen molar-refractivity contribution in [3.8, 4) is 0 Å². The highest BCUT2D eigenvalue weighted by Crippen LogP contribution is 2.24. The van der Waals surface area contributed by atoms with Crippen LogP contribution in [-0.2, 0) is 4.74 Å². The van der Waals surface area contributed by atoms with Gasteiger partial charge in [0.05, 0.1) is 0 Å². The summed E-state index contributed by atoms with van der Waals surface area (Å²) in [7, 11) is 2.21. The number of ether oxygens (including phenoxy) is 1. The lowest BCUT2D eigenvalue weighted by Crippen LogP contribution is -2.51. The zero-order valence-electron chi connectivity index (χ0n) is 17.2. The van der Waals surface area contributed by atoms with E-state index in [1.807, 2.05) is 25.7 Å². The molecule has 0 bridgehead atoms. The van der Waals surface area contributed by atoms with E-state index < -0.39 is 5.60 Å². The minimum atomic E-state index is -0.423. The number of amides is 1. The second kappa shape index (κ2) is 8.72. The normalized spacial score (nSPS) is 30.2. The number of carbonyl (C=O) groups is 1. The first kappa shape index (κ1) is 20.5. The number of piperidine rings is 2. The number of hydrogen-bond acceptors (Lipinski definition) is 4. The van der Waals surface area contributed by atoms with Crippen molar-refractivity contribution in [3.63, 3.8) is 0 Å². The number of rotatable bonds is 4. The van der Waals surface area contributed by atoms with Gasteiger partial charge in [-0.2, -0.15) is 0 Å². The molecule has 0 radical (unpaired) electrons. The molecule has 1 amide bonds. The van der Waals surface area contributed by atoms with E-state index in [9.17, 15) is 4.79 Å². The Morgan fingerprint density at radius 3 is 2.60 bits per heavy atom. The summed E-state index contributed by atoms with van der Waals surface area (Å²) in [6.07, 6.45) is 6.69. The Hall–Kier alpha value is -0.810. The number of nitrogens with zero attached hydrogens (tertiary/aromatic N) is 2. The zero-order chi connectivity index (χ0) is 18.6. The fourth-order valence-corrected chi connectivity index (χ4v) is 4.13. The van der Waals surface area contributed by atoms with E-state index in [0.717, 1.165) is 25.8 Å². The summed E-state index contributed by atoms with van der Waals surface area (Å²) in [5.74, 6) is 0. The van der Waals surface area contributed by atoms with E-state index in [2.05, 4.69) is 31.1 Å². The van der Waals surface area contributed by atoms with Crippen LogP contribution in [-0.4, -0.2) is 65.8 Å². The molecule has 5 heteroatoms. The lowest BCUT2D eigenvalue weighted by atomic mass is 9.94. The van der Waals surface area contributed by atoms with Crippen LogP contribution in [0.1, 0.15) is 73.1 Å². The van der Waals surface area contributed by atoms with E-state index in [4.69, 9.17) is 4.74 Å². The van der Waals surface area contributed by atoms with Crippen molar-refractivity contribution in [2.45, 2.75) is 103 Å². The smallest absolute Gasteiger partial charge is 0.410 e. The summed E-state index contributed by atoms with van der Waals surface area (Å²) in [6.45, 7) is 12.4. The molecule has 2 aliphatic heterocycles. The molecule has 0 aromatic rings. The first-order valence-electron chi connectivity index (χ1n) is 10.1.